The summed E-state index contributed by atoms with van der Waals surface area (Å²) in [6.45, 7) is 2.04. The number of hydrogen-bond donors (Lipinski definition) is 3. The van der Waals surface area contributed by atoms with E-state index in [2.05, 4.69) is 31.4 Å². The molecule has 0 radical (unpaired) electrons. The van der Waals surface area contributed by atoms with Gasteiger partial charge in [0, 0.05) is 11.8 Å². The first kappa shape index (κ1) is 15.4. The quantitative estimate of drug-likeness (QED) is 0.770. The number of benzene rings is 1. The molecule has 0 unspecified atom stereocenters. The molecule has 0 aliphatic heterocycles. The second-order valence-corrected chi connectivity index (χ2v) is 5.37. The van der Waals surface area contributed by atoms with E-state index in [-0.39, 0.29) is 11.6 Å². The summed E-state index contributed by atoms with van der Waals surface area (Å²) < 4.78 is 6.00. The molecule has 2 aromatic rings. The summed E-state index contributed by atoms with van der Waals surface area (Å²) >= 11 is 3.36. The third-order valence-corrected chi connectivity index (χ3v) is 3.66. The molecule has 4 N–H and O–H groups in total. The molecular formula is C14H17BrN4O2. The number of nitrogens with one attached hydrogen (secondary N) is 2. The van der Waals surface area contributed by atoms with E-state index in [1.807, 2.05) is 6.92 Å². The molecule has 0 saturated heterocycles. The topological polar surface area (TPSA) is 93.0 Å². The minimum Gasteiger partial charge on any atom is -0.495 e. The molecule has 1 amide bonds. The second-order valence-electron chi connectivity index (χ2n) is 4.52. The van der Waals surface area contributed by atoms with Gasteiger partial charge in [-0.25, -0.2) is 0 Å². The Kier molecular flexibility index (Phi) is 4.85. The van der Waals surface area contributed by atoms with Gasteiger partial charge in [0.25, 0.3) is 5.91 Å². The lowest BCUT2D eigenvalue weighted by molar-refractivity contribution is 0.102. The van der Waals surface area contributed by atoms with Crippen molar-refractivity contribution in [3.63, 3.8) is 0 Å². The normalized spacial score (nSPS) is 10.4. The Bertz CT molecular complexity index is 654. The molecule has 0 spiro atoms. The Morgan fingerprint density at radius 2 is 2.29 bits per heavy atom. The van der Waals surface area contributed by atoms with Gasteiger partial charge in [-0.1, -0.05) is 13.3 Å². The van der Waals surface area contributed by atoms with E-state index in [1.54, 1.807) is 25.3 Å². The first-order chi connectivity index (χ1) is 10.1. The number of nitrogens with two attached hydrogens (primary N) is 1. The van der Waals surface area contributed by atoms with Crippen LogP contribution in [-0.2, 0) is 6.42 Å². The van der Waals surface area contributed by atoms with Crippen LogP contribution in [0, 0.1) is 0 Å². The van der Waals surface area contributed by atoms with E-state index in [4.69, 9.17) is 10.5 Å². The number of rotatable bonds is 5. The zero-order valence-electron chi connectivity index (χ0n) is 11.9. The fraction of sp³-hybridized carbons (Fsp3) is 0.286. The van der Waals surface area contributed by atoms with Gasteiger partial charge in [0.2, 0.25) is 0 Å². The Labute approximate surface area is 131 Å². The highest BCUT2D eigenvalue weighted by Crippen LogP contribution is 2.28. The highest BCUT2D eigenvalue weighted by molar-refractivity contribution is 9.10. The number of carbonyl (C=O) groups excluding carboxylic acids is 1. The van der Waals surface area contributed by atoms with Crippen LogP contribution in [0.1, 0.15) is 29.5 Å². The van der Waals surface area contributed by atoms with Crippen LogP contribution in [0.2, 0.25) is 0 Å². The molecule has 6 nitrogen and oxygen atoms in total. The fourth-order valence-electron chi connectivity index (χ4n) is 1.93. The number of nitrogens with zero attached hydrogens (tertiary/aromatic N) is 1. The van der Waals surface area contributed by atoms with Crippen LogP contribution in [0.3, 0.4) is 0 Å². The monoisotopic (exact) mass is 352 g/mol. The number of anilines is 2. The van der Waals surface area contributed by atoms with E-state index in [0.717, 1.165) is 23.0 Å². The predicted molar refractivity (Wildman–Crippen MR) is 85.6 cm³/mol. The van der Waals surface area contributed by atoms with Crippen molar-refractivity contribution in [1.82, 2.24) is 10.2 Å². The van der Waals surface area contributed by atoms with Crippen LogP contribution < -0.4 is 15.8 Å². The maximum absolute atomic E-state index is 12.2. The molecule has 2 rings (SSSR count). The molecule has 0 fully saturated rings. The zero-order chi connectivity index (χ0) is 15.4. The van der Waals surface area contributed by atoms with Crippen LogP contribution >= 0.6 is 15.9 Å². The molecule has 21 heavy (non-hydrogen) atoms. The van der Waals surface area contributed by atoms with Crippen molar-refractivity contribution >= 4 is 33.2 Å². The first-order valence-electron chi connectivity index (χ1n) is 6.54. The number of H-pyrrole nitrogens is 1. The number of halogens is 1. The Hall–Kier alpha value is -2.02. The average molecular weight is 353 g/mol. The van der Waals surface area contributed by atoms with Gasteiger partial charge in [-0.05, 0) is 34.5 Å². The minimum atomic E-state index is -0.351. The Morgan fingerprint density at radius 1 is 1.52 bits per heavy atom. The lowest BCUT2D eigenvalue weighted by Crippen LogP contribution is -2.14. The summed E-state index contributed by atoms with van der Waals surface area (Å²) in [7, 11) is 1.56. The summed E-state index contributed by atoms with van der Waals surface area (Å²) in [6.07, 6.45) is 1.69. The summed E-state index contributed by atoms with van der Waals surface area (Å²) in [6, 6.07) is 5.28. The molecule has 0 atom stereocenters. The van der Waals surface area contributed by atoms with Crippen LogP contribution in [0.25, 0.3) is 0 Å². The number of nitrogen functional groups attached to an aromatic ring is 1. The largest absolute Gasteiger partial charge is 0.495 e. The number of aromatic nitrogens is 2. The number of methoxy groups -OCH3 is 1. The number of aromatic amines is 1. The van der Waals surface area contributed by atoms with Crippen molar-refractivity contribution < 1.29 is 9.53 Å². The highest BCUT2D eigenvalue weighted by atomic mass is 79.9. The van der Waals surface area contributed by atoms with Crippen molar-refractivity contribution in [3.05, 3.63) is 34.1 Å². The smallest absolute Gasteiger partial charge is 0.278 e. The lowest BCUT2D eigenvalue weighted by Gasteiger charge is -2.08. The van der Waals surface area contributed by atoms with Crippen molar-refractivity contribution in [2.45, 2.75) is 19.8 Å². The van der Waals surface area contributed by atoms with Crippen LogP contribution in [-0.4, -0.2) is 23.2 Å². The fourth-order valence-corrected chi connectivity index (χ4v) is 2.34. The number of ether oxygens (including phenoxy) is 1. The van der Waals surface area contributed by atoms with E-state index >= 15 is 0 Å². The summed E-state index contributed by atoms with van der Waals surface area (Å²) in [5.74, 6) is 0.282. The maximum Gasteiger partial charge on any atom is 0.278 e. The maximum atomic E-state index is 12.2. The number of hydrogen-bond acceptors (Lipinski definition) is 4. The van der Waals surface area contributed by atoms with Gasteiger partial charge in [-0.3, -0.25) is 9.89 Å². The van der Waals surface area contributed by atoms with Gasteiger partial charge in [0.15, 0.2) is 5.69 Å². The number of carbonyl (C=O) groups is 1. The van der Waals surface area contributed by atoms with Gasteiger partial charge in [0.05, 0.1) is 23.0 Å². The van der Waals surface area contributed by atoms with Crippen molar-refractivity contribution in [1.29, 1.82) is 0 Å². The van der Waals surface area contributed by atoms with Gasteiger partial charge in [-0.2, -0.15) is 5.10 Å². The predicted octanol–water partition coefficient (Wildman–Crippen LogP) is 2.97. The molecule has 7 heteroatoms. The Morgan fingerprint density at radius 3 is 2.95 bits per heavy atom. The number of aryl methyl sites for hydroxylation is 1. The molecular weight excluding hydrogens is 336 g/mol. The molecule has 112 valence electrons. The lowest BCUT2D eigenvalue weighted by atomic mass is 10.2. The van der Waals surface area contributed by atoms with Crippen LogP contribution in [0.15, 0.2) is 22.7 Å². The molecule has 0 aliphatic carbocycles. The van der Waals surface area contributed by atoms with E-state index in [9.17, 15) is 4.79 Å². The molecule has 1 aromatic heterocycles. The zero-order valence-corrected chi connectivity index (χ0v) is 13.5. The molecule has 0 saturated carbocycles. The van der Waals surface area contributed by atoms with Crippen molar-refractivity contribution in [2.75, 3.05) is 18.2 Å². The van der Waals surface area contributed by atoms with Crippen LogP contribution in [0.4, 0.5) is 11.4 Å². The minimum absolute atomic E-state index is 0.209. The summed E-state index contributed by atoms with van der Waals surface area (Å²) in [4.78, 5) is 12.2. The molecule has 0 aliphatic rings. The SMILES string of the molecule is CCCc1[nH]nc(C(=O)Nc2ccc(Br)c(OC)c2)c1N. The van der Waals surface area contributed by atoms with Gasteiger partial charge in [0.1, 0.15) is 5.75 Å². The third kappa shape index (κ3) is 3.36. The van der Waals surface area contributed by atoms with E-state index in [0.29, 0.717) is 17.1 Å². The van der Waals surface area contributed by atoms with Crippen LogP contribution in [0.5, 0.6) is 5.75 Å². The standard InChI is InChI=1S/C14H17BrN4O2/c1-3-4-10-12(16)13(19-18-10)14(20)17-8-5-6-9(15)11(7-8)21-2/h5-7H,3-4,16H2,1-2H3,(H,17,20)(H,18,19). The van der Waals surface area contributed by atoms with Crippen molar-refractivity contribution in [2.24, 2.45) is 0 Å². The first-order valence-corrected chi connectivity index (χ1v) is 7.33. The highest BCUT2D eigenvalue weighted by Gasteiger charge is 2.17. The molecule has 0 bridgehead atoms. The number of amides is 1. The third-order valence-electron chi connectivity index (χ3n) is 3.01. The Balaban J connectivity index is 2.18. The van der Waals surface area contributed by atoms with E-state index < -0.39 is 0 Å². The van der Waals surface area contributed by atoms with E-state index in [1.165, 1.54) is 0 Å². The summed E-state index contributed by atoms with van der Waals surface area (Å²) in [5, 5.41) is 9.55. The van der Waals surface area contributed by atoms with Gasteiger partial charge in [-0.15, -0.1) is 0 Å². The second kappa shape index (κ2) is 6.62. The van der Waals surface area contributed by atoms with Crippen molar-refractivity contribution in [3.8, 4) is 5.75 Å². The van der Waals surface area contributed by atoms with Gasteiger partial charge >= 0.3 is 0 Å². The average Bonchev–Trinajstić information content (AvgIpc) is 2.83. The van der Waals surface area contributed by atoms with Gasteiger partial charge < -0.3 is 15.8 Å². The molecule has 1 heterocycles. The molecule has 1 aromatic carbocycles. The summed E-state index contributed by atoms with van der Waals surface area (Å²) in [5.41, 5.74) is 7.95.